The van der Waals surface area contributed by atoms with Crippen molar-refractivity contribution in [1.82, 2.24) is 20.1 Å². The van der Waals surface area contributed by atoms with Crippen molar-refractivity contribution in [3.63, 3.8) is 0 Å². The fourth-order valence-electron chi connectivity index (χ4n) is 3.67. The van der Waals surface area contributed by atoms with Gasteiger partial charge in [-0.2, -0.15) is 5.10 Å². The third-order valence-electron chi connectivity index (χ3n) is 5.07. The first-order valence-corrected chi connectivity index (χ1v) is 10.4. The van der Waals surface area contributed by atoms with E-state index >= 15 is 0 Å². The molecule has 30 heavy (non-hydrogen) atoms. The van der Waals surface area contributed by atoms with Crippen LogP contribution in [0.1, 0.15) is 30.3 Å². The second-order valence-electron chi connectivity index (χ2n) is 7.27. The molecule has 2 N–H and O–H groups in total. The largest absolute Gasteiger partial charge is 0.493 e. The number of hydrogen-bond donors (Lipinski definition) is 2. The number of anilines is 1. The Labute approximate surface area is 180 Å². The Hall–Kier alpha value is -2.90. The van der Waals surface area contributed by atoms with Gasteiger partial charge in [0.2, 0.25) is 5.91 Å². The number of nitrogens with one attached hydrogen (secondary N) is 2. The highest BCUT2D eigenvalue weighted by Gasteiger charge is 2.29. The van der Waals surface area contributed by atoms with Crippen molar-refractivity contribution in [3.8, 4) is 5.75 Å². The summed E-state index contributed by atoms with van der Waals surface area (Å²) in [5.74, 6) is 1.26. The Bertz CT molecular complexity index is 978. The van der Waals surface area contributed by atoms with Crippen molar-refractivity contribution >= 4 is 23.3 Å². The number of aromatic amines is 1. The van der Waals surface area contributed by atoms with Crippen molar-refractivity contribution in [1.29, 1.82) is 0 Å². The van der Waals surface area contributed by atoms with Gasteiger partial charge in [0.15, 0.2) is 0 Å². The molecular weight excluding hydrogens is 402 g/mol. The summed E-state index contributed by atoms with van der Waals surface area (Å²) in [6.45, 7) is 1.73. The molecule has 3 aromatic rings. The quantitative estimate of drug-likeness (QED) is 0.572. The second-order valence-corrected chi connectivity index (χ2v) is 7.70. The van der Waals surface area contributed by atoms with Crippen LogP contribution in [0.2, 0.25) is 5.02 Å². The maximum absolute atomic E-state index is 12.4. The zero-order chi connectivity index (χ0) is 20.8. The van der Waals surface area contributed by atoms with Gasteiger partial charge in [-0.25, -0.2) is 4.98 Å². The number of H-pyrrole nitrogens is 1. The van der Waals surface area contributed by atoms with E-state index in [4.69, 9.17) is 16.3 Å². The summed E-state index contributed by atoms with van der Waals surface area (Å²) >= 11 is 5.98. The molecule has 0 unspecified atom stereocenters. The van der Waals surface area contributed by atoms with E-state index in [1.54, 1.807) is 18.3 Å². The molecule has 1 amide bonds. The van der Waals surface area contributed by atoms with Gasteiger partial charge in [-0.1, -0.05) is 23.7 Å². The lowest BCUT2D eigenvalue weighted by Crippen LogP contribution is -2.33. The van der Waals surface area contributed by atoms with Crippen LogP contribution in [-0.4, -0.2) is 45.7 Å². The fraction of sp³-hybridized carbons (Fsp3) is 0.318. The predicted octanol–water partition coefficient (Wildman–Crippen LogP) is 3.86. The fourth-order valence-corrected chi connectivity index (χ4v) is 3.85. The third-order valence-corrected chi connectivity index (χ3v) is 5.31. The van der Waals surface area contributed by atoms with Crippen LogP contribution < -0.4 is 10.1 Å². The Morgan fingerprint density at radius 1 is 1.27 bits per heavy atom. The van der Waals surface area contributed by atoms with Gasteiger partial charge in [0.05, 0.1) is 24.9 Å². The van der Waals surface area contributed by atoms with Gasteiger partial charge in [0.1, 0.15) is 11.6 Å². The molecule has 0 spiro atoms. The highest BCUT2D eigenvalue weighted by molar-refractivity contribution is 6.30. The van der Waals surface area contributed by atoms with E-state index in [0.717, 1.165) is 36.5 Å². The van der Waals surface area contributed by atoms with E-state index in [2.05, 4.69) is 31.5 Å². The molecule has 1 saturated heterocycles. The average Bonchev–Trinajstić information content (AvgIpc) is 3.38. The van der Waals surface area contributed by atoms with Crippen molar-refractivity contribution in [3.05, 3.63) is 71.1 Å². The van der Waals surface area contributed by atoms with Crippen molar-refractivity contribution in [2.75, 3.05) is 25.0 Å². The van der Waals surface area contributed by atoms with Crippen molar-refractivity contribution in [2.24, 2.45) is 0 Å². The van der Waals surface area contributed by atoms with Crippen molar-refractivity contribution < 1.29 is 9.53 Å². The zero-order valence-corrected chi connectivity index (χ0v) is 17.3. The van der Waals surface area contributed by atoms with E-state index in [9.17, 15) is 4.79 Å². The molecule has 1 aromatic carbocycles. The lowest BCUT2D eigenvalue weighted by atomic mass is 10.1. The topological polar surface area (TPSA) is 83.1 Å². The lowest BCUT2D eigenvalue weighted by Gasteiger charge is -2.22. The number of aromatic nitrogens is 3. The average molecular weight is 426 g/mol. The minimum atomic E-state index is -0.0636. The minimum Gasteiger partial charge on any atom is -0.493 e. The summed E-state index contributed by atoms with van der Waals surface area (Å²) in [6, 6.07) is 15.0. The van der Waals surface area contributed by atoms with Gasteiger partial charge in [-0.3, -0.25) is 14.8 Å². The first kappa shape index (κ1) is 20.4. The van der Waals surface area contributed by atoms with Gasteiger partial charge in [0, 0.05) is 23.3 Å². The Morgan fingerprint density at radius 2 is 2.20 bits per heavy atom. The number of likely N-dealkylation sites (tertiary alicyclic amines) is 1. The standard InChI is InChI=1S/C22H24ClN5O2/c23-16-5-3-6-18(13-16)30-12-9-17-14-19(27-26-17)20-7-4-11-28(20)15-22(29)25-21-8-1-2-10-24-21/h1-3,5-6,8,10,13-14,20H,4,7,9,11-12,15H2,(H,26,27)(H,24,25,29)/t20-/m0/s1. The molecule has 1 fully saturated rings. The summed E-state index contributed by atoms with van der Waals surface area (Å²) in [5, 5.41) is 11.1. The maximum Gasteiger partial charge on any atom is 0.239 e. The molecule has 1 atom stereocenters. The number of benzene rings is 1. The normalized spacial score (nSPS) is 16.5. The van der Waals surface area contributed by atoms with E-state index in [0.29, 0.717) is 30.4 Å². The van der Waals surface area contributed by atoms with Gasteiger partial charge in [0.25, 0.3) is 0 Å². The predicted molar refractivity (Wildman–Crippen MR) is 116 cm³/mol. The highest BCUT2D eigenvalue weighted by atomic mass is 35.5. The number of rotatable bonds is 8. The van der Waals surface area contributed by atoms with Crippen LogP contribution in [0.5, 0.6) is 5.75 Å². The van der Waals surface area contributed by atoms with Crippen LogP contribution in [0.15, 0.2) is 54.7 Å². The molecule has 0 aliphatic carbocycles. The lowest BCUT2D eigenvalue weighted by molar-refractivity contribution is -0.117. The van der Waals surface area contributed by atoms with Crippen molar-refractivity contribution in [2.45, 2.75) is 25.3 Å². The van der Waals surface area contributed by atoms with E-state index < -0.39 is 0 Å². The molecule has 1 aliphatic rings. The molecular formula is C22H24ClN5O2. The van der Waals surface area contributed by atoms with Crippen LogP contribution >= 0.6 is 11.6 Å². The summed E-state index contributed by atoms with van der Waals surface area (Å²) < 4.78 is 5.75. The summed E-state index contributed by atoms with van der Waals surface area (Å²) in [7, 11) is 0. The number of amides is 1. The summed E-state index contributed by atoms with van der Waals surface area (Å²) in [6.07, 6.45) is 4.41. The molecule has 8 heteroatoms. The number of carbonyl (C=O) groups is 1. The summed E-state index contributed by atoms with van der Waals surface area (Å²) in [4.78, 5) is 18.7. The van der Waals surface area contributed by atoms with E-state index in [-0.39, 0.29) is 11.9 Å². The minimum absolute atomic E-state index is 0.0636. The molecule has 0 bridgehead atoms. The molecule has 156 valence electrons. The monoisotopic (exact) mass is 425 g/mol. The van der Waals surface area contributed by atoms with Gasteiger partial charge in [-0.05, 0) is 55.8 Å². The third kappa shape index (κ3) is 5.37. The van der Waals surface area contributed by atoms with Crippen LogP contribution in [0, 0.1) is 0 Å². The smallest absolute Gasteiger partial charge is 0.239 e. The van der Waals surface area contributed by atoms with Gasteiger partial charge < -0.3 is 10.1 Å². The second kappa shape index (κ2) is 9.73. The van der Waals surface area contributed by atoms with Crippen LogP contribution in [0.25, 0.3) is 0 Å². The zero-order valence-electron chi connectivity index (χ0n) is 16.6. The Morgan fingerprint density at radius 3 is 3.03 bits per heavy atom. The molecule has 3 heterocycles. The van der Waals surface area contributed by atoms with Gasteiger partial charge >= 0.3 is 0 Å². The SMILES string of the molecule is O=C(CN1CCC[C@H]1c1cc(CCOc2cccc(Cl)c2)[nH]n1)Nc1ccccn1. The Balaban J connectivity index is 1.30. The number of carbonyl (C=O) groups excluding carboxylic acids is 1. The molecule has 2 aromatic heterocycles. The molecule has 4 rings (SSSR count). The molecule has 0 saturated carbocycles. The van der Waals surface area contributed by atoms with Crippen LogP contribution in [0.4, 0.5) is 5.82 Å². The highest BCUT2D eigenvalue weighted by Crippen LogP contribution is 2.30. The van der Waals surface area contributed by atoms with Gasteiger partial charge in [-0.15, -0.1) is 0 Å². The molecule has 7 nitrogen and oxygen atoms in total. The van der Waals surface area contributed by atoms with E-state index in [1.807, 2.05) is 30.3 Å². The van der Waals surface area contributed by atoms with E-state index in [1.165, 1.54) is 0 Å². The maximum atomic E-state index is 12.4. The number of halogens is 1. The summed E-state index contributed by atoms with van der Waals surface area (Å²) in [5.41, 5.74) is 1.98. The molecule has 1 aliphatic heterocycles. The van der Waals surface area contributed by atoms with Crippen LogP contribution in [-0.2, 0) is 11.2 Å². The van der Waals surface area contributed by atoms with Crippen LogP contribution in [0.3, 0.4) is 0 Å². The number of hydrogen-bond acceptors (Lipinski definition) is 5. The number of pyridine rings is 1. The Kier molecular flexibility index (Phi) is 6.61. The first-order chi connectivity index (χ1) is 14.7. The first-order valence-electron chi connectivity index (χ1n) is 10.0. The molecule has 0 radical (unpaired) electrons. The number of nitrogens with zero attached hydrogens (tertiary/aromatic N) is 3. The number of ether oxygens (including phenoxy) is 1.